The minimum atomic E-state index is -3.03. The van der Waals surface area contributed by atoms with Crippen molar-refractivity contribution < 1.29 is 13.2 Å². The Labute approximate surface area is 147 Å². The van der Waals surface area contributed by atoms with Crippen LogP contribution < -0.4 is 4.90 Å². The normalized spacial score (nSPS) is 28.1. The summed E-state index contributed by atoms with van der Waals surface area (Å²) < 4.78 is 24.0. The molecule has 0 bridgehead atoms. The number of amides is 1. The summed E-state index contributed by atoms with van der Waals surface area (Å²) in [5, 5.41) is 0.579. The molecule has 2 aliphatic rings. The summed E-state index contributed by atoms with van der Waals surface area (Å²) in [6.45, 7) is 5.83. The second-order valence-electron chi connectivity index (χ2n) is 6.55. The number of aryl methyl sites for hydroxylation is 1. The first-order valence-corrected chi connectivity index (χ1v) is 10.9. The van der Waals surface area contributed by atoms with Gasteiger partial charge in [0.25, 0.3) is 5.91 Å². The molecule has 130 valence electrons. The Bertz CT molecular complexity index is 789. The van der Waals surface area contributed by atoms with Crippen LogP contribution >= 0.6 is 11.8 Å². The first-order chi connectivity index (χ1) is 11.3. The molecule has 24 heavy (non-hydrogen) atoms. The first kappa shape index (κ1) is 17.5. The highest BCUT2D eigenvalue weighted by molar-refractivity contribution is 8.16. The number of carbonyl (C=O) groups is 1. The van der Waals surface area contributed by atoms with Crippen LogP contribution in [-0.4, -0.2) is 42.3 Å². The molecule has 2 heterocycles. The van der Waals surface area contributed by atoms with E-state index in [0.29, 0.717) is 5.17 Å². The zero-order valence-corrected chi connectivity index (χ0v) is 15.7. The molecule has 0 spiro atoms. The van der Waals surface area contributed by atoms with E-state index in [2.05, 4.69) is 4.99 Å². The van der Waals surface area contributed by atoms with Gasteiger partial charge in [-0.3, -0.25) is 4.79 Å². The Morgan fingerprint density at radius 3 is 2.83 bits per heavy atom. The topological polar surface area (TPSA) is 66.8 Å². The Morgan fingerprint density at radius 1 is 1.42 bits per heavy atom. The molecule has 0 N–H and O–H groups in total. The smallest absolute Gasteiger partial charge is 0.250 e. The Balaban J connectivity index is 2.00. The summed E-state index contributed by atoms with van der Waals surface area (Å²) in [6.07, 6.45) is 0.742. The van der Waals surface area contributed by atoms with Gasteiger partial charge in [-0.15, -0.1) is 0 Å². The number of carbonyl (C=O) groups excluding carboxylic acids is 1. The molecule has 3 rings (SSSR count). The molecule has 7 heteroatoms. The summed E-state index contributed by atoms with van der Waals surface area (Å²) in [7, 11) is -3.03. The summed E-state index contributed by atoms with van der Waals surface area (Å²) in [4.78, 5) is 18.6. The van der Waals surface area contributed by atoms with Gasteiger partial charge in [-0.25, -0.2) is 8.42 Å². The monoisotopic (exact) mass is 366 g/mol. The Morgan fingerprint density at radius 2 is 2.17 bits per heavy atom. The molecule has 2 saturated heterocycles. The molecule has 0 saturated carbocycles. The van der Waals surface area contributed by atoms with E-state index in [-0.39, 0.29) is 34.6 Å². The maximum absolute atomic E-state index is 12.3. The van der Waals surface area contributed by atoms with E-state index in [0.717, 1.165) is 17.7 Å². The van der Waals surface area contributed by atoms with Crippen LogP contribution in [0.5, 0.6) is 0 Å². The van der Waals surface area contributed by atoms with E-state index in [4.69, 9.17) is 0 Å². The lowest BCUT2D eigenvalue weighted by Gasteiger charge is -2.25. The first-order valence-electron chi connectivity index (χ1n) is 8.16. The fraction of sp³-hybridized carbons (Fsp3) is 0.529. The molecular weight excluding hydrogens is 344 g/mol. The van der Waals surface area contributed by atoms with Crippen molar-refractivity contribution in [2.24, 2.45) is 10.9 Å². The maximum atomic E-state index is 12.3. The van der Waals surface area contributed by atoms with Gasteiger partial charge in [0.1, 0.15) is 0 Å². The minimum absolute atomic E-state index is 0.0565. The van der Waals surface area contributed by atoms with Crippen LogP contribution in [0.15, 0.2) is 29.3 Å². The number of nitrogens with zero attached hydrogens (tertiary/aromatic N) is 2. The number of benzene rings is 1. The predicted octanol–water partition coefficient (Wildman–Crippen LogP) is 2.64. The number of sulfone groups is 1. The van der Waals surface area contributed by atoms with Crippen LogP contribution in [0.1, 0.15) is 25.8 Å². The molecule has 1 aromatic carbocycles. The van der Waals surface area contributed by atoms with Crippen molar-refractivity contribution in [3.05, 3.63) is 29.8 Å². The molecular formula is C17H22N2O3S2. The third kappa shape index (κ3) is 3.37. The van der Waals surface area contributed by atoms with Crippen LogP contribution in [0.4, 0.5) is 5.69 Å². The number of hydrogen-bond donors (Lipinski definition) is 0. The molecule has 5 nitrogen and oxygen atoms in total. The highest BCUT2D eigenvalue weighted by Crippen LogP contribution is 2.41. The summed E-state index contributed by atoms with van der Waals surface area (Å²) in [5.74, 6) is 0.0122. The van der Waals surface area contributed by atoms with Crippen molar-refractivity contribution in [3.8, 4) is 0 Å². The van der Waals surface area contributed by atoms with Crippen molar-refractivity contribution in [3.63, 3.8) is 0 Å². The van der Waals surface area contributed by atoms with Crippen LogP contribution in [-0.2, 0) is 14.6 Å². The zero-order chi connectivity index (χ0) is 17.5. The Hall–Kier alpha value is -1.34. The lowest BCUT2D eigenvalue weighted by molar-refractivity contribution is -0.121. The number of aliphatic imine (C=N–C) groups is 1. The Kier molecular flexibility index (Phi) is 4.75. The second kappa shape index (κ2) is 6.52. The number of amidine groups is 1. The zero-order valence-electron chi connectivity index (χ0n) is 14.1. The highest BCUT2D eigenvalue weighted by Gasteiger charge is 2.49. The number of fused-ring (bicyclic) bond motifs is 1. The number of thioether (sulfide) groups is 1. The molecule has 3 atom stereocenters. The van der Waals surface area contributed by atoms with Crippen molar-refractivity contribution in [2.75, 3.05) is 16.4 Å². The molecule has 2 fully saturated rings. The predicted molar refractivity (Wildman–Crippen MR) is 99.4 cm³/mol. The number of rotatable bonds is 3. The van der Waals surface area contributed by atoms with Gasteiger partial charge in [-0.05, 0) is 31.0 Å². The molecule has 0 aromatic heterocycles. The summed E-state index contributed by atoms with van der Waals surface area (Å²) in [6, 6.07) is 7.75. The van der Waals surface area contributed by atoms with Gasteiger partial charge >= 0.3 is 0 Å². The van der Waals surface area contributed by atoms with Gasteiger partial charge in [0.15, 0.2) is 15.0 Å². The fourth-order valence-corrected chi connectivity index (χ4v) is 6.94. The lowest BCUT2D eigenvalue weighted by Crippen LogP contribution is -2.37. The molecule has 2 aliphatic heterocycles. The van der Waals surface area contributed by atoms with Crippen molar-refractivity contribution in [2.45, 2.75) is 38.5 Å². The third-order valence-corrected chi connectivity index (χ3v) is 7.80. The average molecular weight is 367 g/mol. The van der Waals surface area contributed by atoms with E-state index in [9.17, 15) is 13.2 Å². The standard InChI is InChI=1S/C17H22N2O3S2/c1-4-12(3)16(20)18-17-19(13-7-5-6-11(2)8-13)14-9-24(21,22)10-15(14)23-17/h5-8,12,14-15H,4,9-10H2,1-3H3/t12-,14+,15+/m1/s1. The number of anilines is 1. The third-order valence-electron chi connectivity index (χ3n) is 4.59. The van der Waals surface area contributed by atoms with Crippen molar-refractivity contribution >= 4 is 38.4 Å². The lowest BCUT2D eigenvalue weighted by atomic mass is 10.1. The van der Waals surface area contributed by atoms with E-state index in [1.165, 1.54) is 11.8 Å². The summed E-state index contributed by atoms with van der Waals surface area (Å²) in [5.41, 5.74) is 2.00. The van der Waals surface area contributed by atoms with Gasteiger partial charge in [-0.2, -0.15) is 4.99 Å². The van der Waals surface area contributed by atoms with E-state index >= 15 is 0 Å². The molecule has 1 aromatic rings. The van der Waals surface area contributed by atoms with Gasteiger partial charge in [0, 0.05) is 16.9 Å². The van der Waals surface area contributed by atoms with Crippen molar-refractivity contribution in [1.29, 1.82) is 0 Å². The van der Waals surface area contributed by atoms with E-state index < -0.39 is 9.84 Å². The van der Waals surface area contributed by atoms with E-state index in [1.54, 1.807) is 0 Å². The van der Waals surface area contributed by atoms with Crippen LogP contribution in [0, 0.1) is 12.8 Å². The van der Waals surface area contributed by atoms with Crippen LogP contribution in [0.25, 0.3) is 0 Å². The average Bonchev–Trinajstić information content (AvgIpc) is 2.97. The molecule has 0 radical (unpaired) electrons. The van der Waals surface area contributed by atoms with Crippen LogP contribution in [0.3, 0.4) is 0 Å². The van der Waals surface area contributed by atoms with Gasteiger partial charge < -0.3 is 4.90 Å². The van der Waals surface area contributed by atoms with E-state index in [1.807, 2.05) is 49.9 Å². The molecule has 0 aliphatic carbocycles. The van der Waals surface area contributed by atoms with Crippen molar-refractivity contribution in [1.82, 2.24) is 0 Å². The highest BCUT2D eigenvalue weighted by atomic mass is 32.2. The fourth-order valence-electron chi connectivity index (χ4n) is 3.02. The SMILES string of the molecule is CC[C@@H](C)C(=O)N=C1S[C@H]2CS(=O)(=O)C[C@@H]2N1c1cccc(C)c1. The maximum Gasteiger partial charge on any atom is 0.250 e. The van der Waals surface area contributed by atoms with Crippen LogP contribution in [0.2, 0.25) is 0 Å². The number of hydrogen-bond acceptors (Lipinski definition) is 4. The quantitative estimate of drug-likeness (QED) is 0.823. The second-order valence-corrected chi connectivity index (χ2v) is 9.91. The molecule has 0 unspecified atom stereocenters. The summed E-state index contributed by atoms with van der Waals surface area (Å²) >= 11 is 1.42. The largest absolute Gasteiger partial charge is 0.316 e. The van der Waals surface area contributed by atoms with Gasteiger partial charge in [0.2, 0.25) is 0 Å². The van der Waals surface area contributed by atoms with Gasteiger partial charge in [0.05, 0.1) is 17.5 Å². The minimum Gasteiger partial charge on any atom is -0.316 e. The molecule has 1 amide bonds. The van der Waals surface area contributed by atoms with Gasteiger partial charge in [-0.1, -0.05) is 37.7 Å².